The largest absolute Gasteiger partial charge is 0.414 e. The van der Waals surface area contributed by atoms with Crippen LogP contribution in [0.5, 0.6) is 0 Å². The Morgan fingerprint density at radius 1 is 1.31 bits per heavy atom. The molecule has 0 aliphatic rings. The molecule has 26 heavy (non-hydrogen) atoms. The first kappa shape index (κ1) is 18.8. The maximum absolute atomic E-state index is 12.1. The first-order valence-corrected chi connectivity index (χ1v) is 9.40. The van der Waals surface area contributed by atoms with Crippen molar-refractivity contribution in [2.24, 2.45) is 0 Å². The van der Waals surface area contributed by atoms with E-state index in [1.807, 2.05) is 26.1 Å². The van der Waals surface area contributed by atoms with Gasteiger partial charge in [0.2, 0.25) is 11.8 Å². The van der Waals surface area contributed by atoms with Crippen molar-refractivity contribution >= 4 is 46.6 Å². The van der Waals surface area contributed by atoms with E-state index in [1.165, 1.54) is 0 Å². The van der Waals surface area contributed by atoms with Gasteiger partial charge in [0.25, 0.3) is 5.22 Å². The lowest BCUT2D eigenvalue weighted by Crippen LogP contribution is -2.14. The van der Waals surface area contributed by atoms with Crippen LogP contribution in [0.25, 0.3) is 0 Å². The zero-order valence-electron chi connectivity index (χ0n) is 13.9. The van der Waals surface area contributed by atoms with Gasteiger partial charge in [-0.05, 0) is 32.0 Å². The fourth-order valence-electron chi connectivity index (χ4n) is 2.13. The standard InChI is InChI=1S/C16H15Cl2N5O2S/c1-9-6-7-23(22-9)10(2)15-20-21-16(25-15)26-8-13(24)19-14-11(17)4-3-5-12(14)18/h3-7,10H,8H2,1-2H3,(H,19,24)/t10-/m1/s1. The monoisotopic (exact) mass is 411 g/mol. The third-order valence-electron chi connectivity index (χ3n) is 3.47. The van der Waals surface area contributed by atoms with Gasteiger partial charge in [-0.15, -0.1) is 10.2 Å². The maximum Gasteiger partial charge on any atom is 0.277 e. The van der Waals surface area contributed by atoms with Crippen LogP contribution in [0.15, 0.2) is 40.1 Å². The van der Waals surface area contributed by atoms with E-state index in [0.717, 1.165) is 17.5 Å². The summed E-state index contributed by atoms with van der Waals surface area (Å²) in [6.45, 7) is 3.81. The highest BCUT2D eigenvalue weighted by Gasteiger charge is 2.18. The highest BCUT2D eigenvalue weighted by Crippen LogP contribution is 2.30. The molecular weight excluding hydrogens is 397 g/mol. The van der Waals surface area contributed by atoms with Crippen LogP contribution in [-0.4, -0.2) is 31.6 Å². The number of hydrogen-bond acceptors (Lipinski definition) is 6. The Morgan fingerprint density at radius 2 is 2.04 bits per heavy atom. The molecule has 0 spiro atoms. The van der Waals surface area contributed by atoms with Gasteiger partial charge in [-0.1, -0.05) is 41.0 Å². The molecule has 10 heteroatoms. The second-order valence-corrected chi connectivity index (χ2v) is 7.19. The zero-order chi connectivity index (χ0) is 18.7. The van der Waals surface area contributed by atoms with Crippen LogP contribution >= 0.6 is 35.0 Å². The average molecular weight is 412 g/mol. The number of anilines is 1. The average Bonchev–Trinajstić information content (AvgIpc) is 3.25. The number of thioether (sulfide) groups is 1. The van der Waals surface area contributed by atoms with Crippen molar-refractivity contribution < 1.29 is 9.21 Å². The number of nitrogens with zero attached hydrogens (tertiary/aromatic N) is 4. The van der Waals surface area contributed by atoms with Crippen LogP contribution < -0.4 is 5.32 Å². The molecule has 3 aromatic rings. The lowest BCUT2D eigenvalue weighted by atomic mass is 10.3. The number of benzene rings is 1. The predicted molar refractivity (Wildman–Crippen MR) is 101 cm³/mol. The van der Waals surface area contributed by atoms with Crippen molar-refractivity contribution in [2.45, 2.75) is 25.1 Å². The van der Waals surface area contributed by atoms with Gasteiger partial charge in [0, 0.05) is 6.20 Å². The summed E-state index contributed by atoms with van der Waals surface area (Å²) in [5.41, 5.74) is 1.29. The van der Waals surface area contributed by atoms with Gasteiger partial charge in [-0.2, -0.15) is 5.10 Å². The molecule has 1 amide bonds. The Hall–Kier alpha value is -2.03. The van der Waals surface area contributed by atoms with Crippen LogP contribution in [0.2, 0.25) is 10.0 Å². The molecule has 0 radical (unpaired) electrons. The maximum atomic E-state index is 12.1. The molecule has 1 atom stereocenters. The summed E-state index contributed by atoms with van der Waals surface area (Å²) in [6, 6.07) is 6.71. The molecule has 3 rings (SSSR count). The lowest BCUT2D eigenvalue weighted by Gasteiger charge is -2.08. The van der Waals surface area contributed by atoms with E-state index in [9.17, 15) is 4.79 Å². The van der Waals surface area contributed by atoms with Crippen LogP contribution in [0.4, 0.5) is 5.69 Å². The molecule has 1 aromatic carbocycles. The zero-order valence-corrected chi connectivity index (χ0v) is 16.3. The van der Waals surface area contributed by atoms with Gasteiger partial charge >= 0.3 is 0 Å². The van der Waals surface area contributed by atoms with E-state index in [-0.39, 0.29) is 17.7 Å². The number of para-hydroxylation sites is 1. The third-order valence-corrected chi connectivity index (χ3v) is 4.92. The van der Waals surface area contributed by atoms with E-state index in [4.69, 9.17) is 27.6 Å². The van der Waals surface area contributed by atoms with Gasteiger partial charge in [0.15, 0.2) is 0 Å². The molecule has 136 valence electrons. The third kappa shape index (κ3) is 4.38. The van der Waals surface area contributed by atoms with E-state index < -0.39 is 0 Å². The van der Waals surface area contributed by atoms with Crippen molar-refractivity contribution in [2.75, 3.05) is 11.1 Å². The molecule has 7 nitrogen and oxygen atoms in total. The smallest absolute Gasteiger partial charge is 0.277 e. The van der Waals surface area contributed by atoms with Crippen molar-refractivity contribution in [3.63, 3.8) is 0 Å². The number of rotatable bonds is 6. The summed E-state index contributed by atoms with van der Waals surface area (Å²) in [5, 5.41) is 16.0. The van der Waals surface area contributed by atoms with Crippen LogP contribution in [-0.2, 0) is 4.79 Å². The number of carbonyl (C=O) groups is 1. The van der Waals surface area contributed by atoms with Crippen LogP contribution in [0.3, 0.4) is 0 Å². The normalized spacial score (nSPS) is 12.2. The Balaban J connectivity index is 1.58. The summed E-state index contributed by atoms with van der Waals surface area (Å²) in [5.74, 6) is 0.226. The van der Waals surface area contributed by atoms with E-state index in [2.05, 4.69) is 20.6 Å². The van der Waals surface area contributed by atoms with Crippen molar-refractivity contribution in [1.82, 2.24) is 20.0 Å². The van der Waals surface area contributed by atoms with Gasteiger partial charge < -0.3 is 9.73 Å². The van der Waals surface area contributed by atoms with Crippen LogP contribution in [0, 0.1) is 6.92 Å². The fraction of sp³-hybridized carbons (Fsp3) is 0.250. The molecule has 0 bridgehead atoms. The molecule has 0 aliphatic carbocycles. The number of halogens is 2. The summed E-state index contributed by atoms with van der Waals surface area (Å²) in [4.78, 5) is 12.1. The quantitative estimate of drug-likeness (QED) is 0.610. The second kappa shape index (κ2) is 8.11. The molecule has 2 heterocycles. The molecule has 0 aliphatic heterocycles. The number of hydrogen-bond donors (Lipinski definition) is 1. The molecule has 1 N–H and O–H groups in total. The van der Waals surface area contributed by atoms with Crippen molar-refractivity contribution in [3.8, 4) is 0 Å². The Kier molecular flexibility index (Phi) is 5.85. The summed E-state index contributed by atoms with van der Waals surface area (Å²) in [7, 11) is 0. The van der Waals surface area contributed by atoms with Gasteiger partial charge in [-0.25, -0.2) is 0 Å². The Labute approximate surface area is 164 Å². The van der Waals surface area contributed by atoms with E-state index in [0.29, 0.717) is 26.8 Å². The number of aromatic nitrogens is 4. The first-order valence-electron chi connectivity index (χ1n) is 7.66. The van der Waals surface area contributed by atoms with Crippen molar-refractivity contribution in [1.29, 1.82) is 0 Å². The highest BCUT2D eigenvalue weighted by molar-refractivity contribution is 7.99. The SMILES string of the molecule is Cc1ccn([C@H](C)c2nnc(SCC(=O)Nc3c(Cl)cccc3Cl)o2)n1. The van der Waals surface area contributed by atoms with E-state index >= 15 is 0 Å². The molecule has 0 unspecified atom stereocenters. The van der Waals surface area contributed by atoms with Crippen molar-refractivity contribution in [3.05, 3.63) is 52.1 Å². The van der Waals surface area contributed by atoms with Gasteiger partial charge in [0.05, 0.1) is 27.2 Å². The summed E-state index contributed by atoms with van der Waals surface area (Å²) >= 11 is 13.2. The minimum Gasteiger partial charge on any atom is -0.414 e. The molecule has 0 fully saturated rings. The minimum atomic E-state index is -0.277. The highest BCUT2D eigenvalue weighted by atomic mass is 35.5. The molecule has 0 saturated heterocycles. The van der Waals surface area contributed by atoms with Gasteiger partial charge in [-0.3, -0.25) is 9.48 Å². The predicted octanol–water partition coefficient (Wildman–Crippen LogP) is 4.22. The van der Waals surface area contributed by atoms with Gasteiger partial charge in [0.1, 0.15) is 6.04 Å². The molecule has 0 saturated carbocycles. The number of carbonyl (C=O) groups excluding carboxylic acids is 1. The number of aryl methyl sites for hydroxylation is 1. The first-order chi connectivity index (χ1) is 12.4. The molecular formula is C16H15Cl2N5O2S. The Morgan fingerprint density at radius 3 is 2.69 bits per heavy atom. The topological polar surface area (TPSA) is 85.8 Å². The van der Waals surface area contributed by atoms with Crippen LogP contribution in [0.1, 0.15) is 24.6 Å². The number of nitrogens with one attached hydrogen (secondary N) is 1. The second-order valence-electron chi connectivity index (χ2n) is 5.45. The lowest BCUT2D eigenvalue weighted by molar-refractivity contribution is -0.113. The minimum absolute atomic E-state index is 0.0818. The summed E-state index contributed by atoms with van der Waals surface area (Å²) in [6.07, 6.45) is 1.85. The van der Waals surface area contributed by atoms with E-state index in [1.54, 1.807) is 22.9 Å². The summed E-state index contributed by atoms with van der Waals surface area (Å²) < 4.78 is 7.34. The Bertz CT molecular complexity index is 907. The fourth-order valence-corrected chi connectivity index (χ4v) is 3.19. The molecule has 2 aromatic heterocycles. The number of amides is 1.